The molecule has 0 aliphatic carbocycles. The maximum absolute atomic E-state index is 13.4. The van der Waals surface area contributed by atoms with Crippen LogP contribution in [0.25, 0.3) is 5.76 Å². The third-order valence-electron chi connectivity index (χ3n) is 5.99. The van der Waals surface area contributed by atoms with Gasteiger partial charge in [0.2, 0.25) is 0 Å². The standard InChI is InChI=1S/C29H30N2O5/c1-5-35-23-11-7-9-19(17-23)26-25(27(32)20-10-8-12-24(18-20)36-6-2)28(33)29(34)31(26)22-15-13-21(14-16-22)30(3)4/h7-18,26,32H,5-6H2,1-4H3/b27-25-. The maximum Gasteiger partial charge on any atom is 0.300 e. The average molecular weight is 487 g/mol. The molecule has 186 valence electrons. The summed E-state index contributed by atoms with van der Waals surface area (Å²) < 4.78 is 11.2. The summed E-state index contributed by atoms with van der Waals surface area (Å²) in [5.41, 5.74) is 2.57. The summed E-state index contributed by atoms with van der Waals surface area (Å²) in [5.74, 6) is -0.541. The lowest BCUT2D eigenvalue weighted by Crippen LogP contribution is -2.29. The number of carbonyl (C=O) groups is 2. The van der Waals surface area contributed by atoms with Crippen LogP contribution in [0.5, 0.6) is 11.5 Å². The molecule has 0 aromatic heterocycles. The number of nitrogens with zero attached hydrogens (tertiary/aromatic N) is 2. The van der Waals surface area contributed by atoms with Gasteiger partial charge in [0.1, 0.15) is 17.3 Å². The van der Waals surface area contributed by atoms with Gasteiger partial charge in [-0.3, -0.25) is 14.5 Å². The maximum atomic E-state index is 13.4. The number of ketones is 1. The van der Waals surface area contributed by atoms with E-state index < -0.39 is 17.7 Å². The number of ether oxygens (including phenoxy) is 2. The summed E-state index contributed by atoms with van der Waals surface area (Å²) in [4.78, 5) is 30.2. The molecule has 0 saturated carbocycles. The van der Waals surface area contributed by atoms with Crippen molar-refractivity contribution in [1.29, 1.82) is 0 Å². The van der Waals surface area contributed by atoms with Crippen molar-refractivity contribution < 1.29 is 24.2 Å². The van der Waals surface area contributed by atoms with E-state index in [-0.39, 0.29) is 11.3 Å². The molecule has 36 heavy (non-hydrogen) atoms. The highest BCUT2D eigenvalue weighted by Gasteiger charge is 2.47. The van der Waals surface area contributed by atoms with E-state index in [1.807, 2.05) is 63.2 Å². The predicted molar refractivity (Wildman–Crippen MR) is 141 cm³/mol. The molecule has 1 saturated heterocycles. The van der Waals surface area contributed by atoms with Crippen LogP contribution in [0.2, 0.25) is 0 Å². The summed E-state index contributed by atoms with van der Waals surface area (Å²) in [6.45, 7) is 4.68. The molecule has 1 fully saturated rings. The van der Waals surface area contributed by atoms with Crippen LogP contribution in [0.3, 0.4) is 0 Å². The number of Topliss-reactive ketones (excluding diaryl/α,β-unsaturated/α-hetero) is 1. The van der Waals surface area contributed by atoms with E-state index in [4.69, 9.17) is 9.47 Å². The Morgan fingerprint density at radius 1 is 0.889 bits per heavy atom. The van der Waals surface area contributed by atoms with Crippen LogP contribution < -0.4 is 19.3 Å². The third-order valence-corrected chi connectivity index (χ3v) is 5.99. The Balaban J connectivity index is 1.90. The minimum atomic E-state index is -0.841. The first-order valence-corrected chi connectivity index (χ1v) is 11.9. The Bertz CT molecular complexity index is 1300. The van der Waals surface area contributed by atoms with Crippen molar-refractivity contribution >= 4 is 28.8 Å². The summed E-state index contributed by atoms with van der Waals surface area (Å²) >= 11 is 0. The second-order valence-corrected chi connectivity index (χ2v) is 8.55. The van der Waals surface area contributed by atoms with Crippen molar-refractivity contribution in [3.05, 3.63) is 89.5 Å². The SMILES string of the molecule is CCOc1cccc(/C(O)=C2/C(=O)C(=O)N(c3ccc(N(C)C)cc3)C2c2cccc(OCC)c2)c1. The molecule has 3 aromatic rings. The zero-order valence-corrected chi connectivity index (χ0v) is 20.9. The first-order valence-electron chi connectivity index (χ1n) is 11.9. The van der Waals surface area contributed by atoms with Crippen LogP contribution in [0.1, 0.15) is 31.0 Å². The molecule has 0 spiro atoms. The molecule has 7 heteroatoms. The number of aliphatic hydroxyl groups is 1. The van der Waals surface area contributed by atoms with Crippen molar-refractivity contribution in [3.8, 4) is 11.5 Å². The quantitative estimate of drug-likeness (QED) is 0.269. The normalized spacial score (nSPS) is 16.8. The summed E-state index contributed by atoms with van der Waals surface area (Å²) in [6, 6.07) is 20.6. The molecule has 1 aliphatic heterocycles. The van der Waals surface area contributed by atoms with Crippen molar-refractivity contribution in [2.45, 2.75) is 19.9 Å². The van der Waals surface area contributed by atoms with E-state index >= 15 is 0 Å². The molecule has 1 heterocycles. The van der Waals surface area contributed by atoms with E-state index in [9.17, 15) is 14.7 Å². The van der Waals surface area contributed by atoms with Gasteiger partial charge in [-0.25, -0.2) is 0 Å². The molecule has 7 nitrogen and oxygen atoms in total. The number of amides is 1. The fraction of sp³-hybridized carbons (Fsp3) is 0.241. The van der Waals surface area contributed by atoms with E-state index in [1.165, 1.54) is 4.90 Å². The Morgan fingerprint density at radius 2 is 1.50 bits per heavy atom. The first kappa shape index (κ1) is 24.9. The fourth-order valence-electron chi connectivity index (χ4n) is 4.32. The van der Waals surface area contributed by atoms with Crippen molar-refractivity contribution in [1.82, 2.24) is 0 Å². The first-order chi connectivity index (χ1) is 17.3. The smallest absolute Gasteiger partial charge is 0.300 e. The lowest BCUT2D eigenvalue weighted by molar-refractivity contribution is -0.132. The lowest BCUT2D eigenvalue weighted by Gasteiger charge is -2.26. The molecule has 1 aliphatic rings. The van der Waals surface area contributed by atoms with Gasteiger partial charge in [0, 0.05) is 31.0 Å². The molecular formula is C29H30N2O5. The summed E-state index contributed by atoms with van der Waals surface area (Å²) in [7, 11) is 3.85. The Kier molecular flexibility index (Phi) is 7.29. The van der Waals surface area contributed by atoms with Crippen molar-refractivity contribution in [2.24, 2.45) is 0 Å². The fourth-order valence-corrected chi connectivity index (χ4v) is 4.32. The highest BCUT2D eigenvalue weighted by atomic mass is 16.5. The van der Waals surface area contributed by atoms with Gasteiger partial charge in [0.05, 0.1) is 24.8 Å². The van der Waals surface area contributed by atoms with Crippen LogP contribution in [0.15, 0.2) is 78.4 Å². The van der Waals surface area contributed by atoms with E-state index in [0.29, 0.717) is 41.5 Å². The van der Waals surface area contributed by atoms with Crippen LogP contribution in [0, 0.1) is 0 Å². The topological polar surface area (TPSA) is 79.3 Å². The van der Waals surface area contributed by atoms with Crippen LogP contribution in [-0.4, -0.2) is 44.1 Å². The minimum Gasteiger partial charge on any atom is -0.507 e. The van der Waals surface area contributed by atoms with Crippen molar-refractivity contribution in [3.63, 3.8) is 0 Å². The number of benzene rings is 3. The van der Waals surface area contributed by atoms with Gasteiger partial charge >= 0.3 is 0 Å². The monoisotopic (exact) mass is 486 g/mol. The van der Waals surface area contributed by atoms with Gasteiger partial charge in [-0.15, -0.1) is 0 Å². The molecule has 0 bridgehead atoms. The van der Waals surface area contributed by atoms with Crippen LogP contribution >= 0.6 is 0 Å². The highest BCUT2D eigenvalue weighted by Crippen LogP contribution is 2.43. The molecule has 1 amide bonds. The molecule has 3 aromatic carbocycles. The zero-order chi connectivity index (χ0) is 25.8. The van der Waals surface area contributed by atoms with Gasteiger partial charge < -0.3 is 19.5 Å². The molecular weight excluding hydrogens is 456 g/mol. The van der Waals surface area contributed by atoms with E-state index in [1.54, 1.807) is 42.5 Å². The average Bonchev–Trinajstić information content (AvgIpc) is 3.14. The third kappa shape index (κ3) is 4.77. The Labute approximate surface area is 211 Å². The second kappa shape index (κ2) is 10.6. The number of aliphatic hydroxyl groups excluding tert-OH is 1. The lowest BCUT2D eigenvalue weighted by atomic mass is 9.95. The van der Waals surface area contributed by atoms with Crippen LogP contribution in [-0.2, 0) is 9.59 Å². The van der Waals surface area contributed by atoms with Crippen molar-refractivity contribution in [2.75, 3.05) is 37.1 Å². The second-order valence-electron chi connectivity index (χ2n) is 8.55. The largest absolute Gasteiger partial charge is 0.507 e. The van der Waals surface area contributed by atoms with Gasteiger partial charge in [-0.1, -0.05) is 24.3 Å². The highest BCUT2D eigenvalue weighted by molar-refractivity contribution is 6.51. The van der Waals surface area contributed by atoms with Gasteiger partial charge in [-0.05, 0) is 67.9 Å². The van der Waals surface area contributed by atoms with Gasteiger partial charge in [0.15, 0.2) is 0 Å². The van der Waals surface area contributed by atoms with E-state index in [0.717, 1.165) is 5.69 Å². The summed E-state index contributed by atoms with van der Waals surface area (Å²) in [5, 5.41) is 11.4. The number of hydrogen-bond acceptors (Lipinski definition) is 6. The number of hydrogen-bond donors (Lipinski definition) is 1. The molecule has 0 radical (unpaired) electrons. The molecule has 1 atom stereocenters. The van der Waals surface area contributed by atoms with E-state index in [2.05, 4.69) is 0 Å². The number of anilines is 2. The molecule has 1 unspecified atom stereocenters. The minimum absolute atomic E-state index is 0.0129. The van der Waals surface area contributed by atoms with Gasteiger partial charge in [0.25, 0.3) is 11.7 Å². The van der Waals surface area contributed by atoms with Gasteiger partial charge in [-0.2, -0.15) is 0 Å². The molecule has 4 rings (SSSR count). The van der Waals surface area contributed by atoms with Crippen LogP contribution in [0.4, 0.5) is 11.4 Å². The predicted octanol–water partition coefficient (Wildman–Crippen LogP) is 5.18. The Morgan fingerprint density at radius 3 is 2.11 bits per heavy atom. The number of carbonyl (C=O) groups excluding carboxylic acids is 2. The molecule has 1 N–H and O–H groups in total. The Hall–Kier alpha value is -4.26. The zero-order valence-electron chi connectivity index (χ0n) is 20.9. The number of rotatable bonds is 8. The summed E-state index contributed by atoms with van der Waals surface area (Å²) in [6.07, 6.45) is 0.